The van der Waals surface area contributed by atoms with Crippen molar-refractivity contribution < 1.29 is 4.39 Å². The summed E-state index contributed by atoms with van der Waals surface area (Å²) in [6, 6.07) is 5.06. The fourth-order valence-electron chi connectivity index (χ4n) is 1.52. The van der Waals surface area contributed by atoms with Crippen LogP contribution in [0, 0.1) is 18.7 Å². The van der Waals surface area contributed by atoms with Gasteiger partial charge in [-0.15, -0.1) is 0 Å². The molecule has 14 heavy (non-hydrogen) atoms. The topological polar surface area (TPSA) is 0 Å². The quantitative estimate of drug-likeness (QED) is 0.676. The van der Waals surface area contributed by atoms with E-state index in [9.17, 15) is 4.39 Å². The molecule has 0 aliphatic carbocycles. The van der Waals surface area contributed by atoms with Gasteiger partial charge >= 0.3 is 0 Å². The van der Waals surface area contributed by atoms with Gasteiger partial charge in [0.25, 0.3) is 0 Å². The summed E-state index contributed by atoms with van der Waals surface area (Å²) in [6.45, 7) is 6.49. The first-order chi connectivity index (χ1) is 6.63. The van der Waals surface area contributed by atoms with E-state index in [4.69, 9.17) is 0 Å². The SMILES string of the molecule is CC[C@H](C)CCc1cc(F)ccc1C. The van der Waals surface area contributed by atoms with Gasteiger partial charge in [0.05, 0.1) is 0 Å². The average Bonchev–Trinajstić information content (AvgIpc) is 2.19. The van der Waals surface area contributed by atoms with Gasteiger partial charge in [-0.05, 0) is 48.9 Å². The molecule has 0 nitrogen and oxygen atoms in total. The predicted octanol–water partition coefficient (Wildman–Crippen LogP) is 4.11. The first kappa shape index (κ1) is 11.2. The summed E-state index contributed by atoms with van der Waals surface area (Å²) < 4.78 is 13.0. The zero-order valence-electron chi connectivity index (χ0n) is 9.31. The summed E-state index contributed by atoms with van der Waals surface area (Å²) in [5.74, 6) is 0.618. The van der Waals surface area contributed by atoms with Crippen LogP contribution in [-0.2, 0) is 6.42 Å². The molecule has 0 saturated heterocycles. The summed E-state index contributed by atoms with van der Waals surface area (Å²) in [7, 11) is 0. The third-order valence-electron chi connectivity index (χ3n) is 2.91. The standard InChI is InChI=1S/C13H19F/c1-4-10(2)5-7-12-9-13(14)8-6-11(12)3/h6,8-10H,4-5,7H2,1-3H3/t10-/m0/s1. The molecule has 0 aliphatic rings. The summed E-state index contributed by atoms with van der Waals surface area (Å²) in [6.07, 6.45) is 3.35. The second-order valence-corrected chi connectivity index (χ2v) is 4.12. The summed E-state index contributed by atoms with van der Waals surface area (Å²) >= 11 is 0. The number of benzene rings is 1. The Hall–Kier alpha value is -0.850. The smallest absolute Gasteiger partial charge is 0.123 e. The number of aryl methyl sites for hydroxylation is 2. The maximum atomic E-state index is 13.0. The minimum Gasteiger partial charge on any atom is -0.207 e. The second-order valence-electron chi connectivity index (χ2n) is 4.12. The van der Waals surface area contributed by atoms with Crippen LogP contribution in [0.1, 0.15) is 37.8 Å². The van der Waals surface area contributed by atoms with Crippen molar-refractivity contribution >= 4 is 0 Å². The molecule has 0 aromatic heterocycles. The van der Waals surface area contributed by atoms with Gasteiger partial charge in [-0.25, -0.2) is 4.39 Å². The van der Waals surface area contributed by atoms with Gasteiger partial charge in [-0.1, -0.05) is 26.3 Å². The molecule has 1 aromatic carbocycles. The van der Waals surface area contributed by atoms with Crippen LogP contribution in [0.2, 0.25) is 0 Å². The molecular formula is C13H19F. The molecule has 0 heterocycles. The maximum absolute atomic E-state index is 13.0. The lowest BCUT2D eigenvalue weighted by Crippen LogP contribution is -1.97. The van der Waals surface area contributed by atoms with Crippen molar-refractivity contribution in [3.8, 4) is 0 Å². The molecule has 0 unspecified atom stereocenters. The fourth-order valence-corrected chi connectivity index (χ4v) is 1.52. The van der Waals surface area contributed by atoms with Crippen LogP contribution >= 0.6 is 0 Å². The first-order valence-corrected chi connectivity index (χ1v) is 5.38. The lowest BCUT2D eigenvalue weighted by Gasteiger charge is -2.10. The van der Waals surface area contributed by atoms with E-state index in [1.807, 2.05) is 13.0 Å². The maximum Gasteiger partial charge on any atom is 0.123 e. The molecule has 1 aromatic rings. The van der Waals surface area contributed by atoms with Crippen molar-refractivity contribution in [1.82, 2.24) is 0 Å². The Balaban J connectivity index is 2.62. The molecule has 0 radical (unpaired) electrons. The average molecular weight is 194 g/mol. The zero-order valence-corrected chi connectivity index (χ0v) is 9.31. The Morgan fingerprint density at radius 1 is 1.36 bits per heavy atom. The van der Waals surface area contributed by atoms with Gasteiger partial charge in [0.1, 0.15) is 5.82 Å². The molecule has 0 saturated carbocycles. The number of hydrogen-bond donors (Lipinski definition) is 0. The minimum absolute atomic E-state index is 0.116. The van der Waals surface area contributed by atoms with Gasteiger partial charge in [-0.3, -0.25) is 0 Å². The molecule has 1 atom stereocenters. The molecule has 0 amide bonds. The van der Waals surface area contributed by atoms with Crippen molar-refractivity contribution in [3.63, 3.8) is 0 Å². The van der Waals surface area contributed by atoms with Crippen LogP contribution < -0.4 is 0 Å². The lowest BCUT2D eigenvalue weighted by atomic mass is 9.96. The summed E-state index contributed by atoms with van der Waals surface area (Å²) in [5.41, 5.74) is 2.36. The van der Waals surface area contributed by atoms with Crippen LogP contribution in [0.3, 0.4) is 0 Å². The van der Waals surface area contributed by atoms with Crippen LogP contribution in [0.5, 0.6) is 0 Å². The Bertz CT molecular complexity index is 291. The highest BCUT2D eigenvalue weighted by molar-refractivity contribution is 5.26. The second kappa shape index (κ2) is 5.14. The number of rotatable bonds is 4. The van der Waals surface area contributed by atoms with E-state index in [2.05, 4.69) is 13.8 Å². The van der Waals surface area contributed by atoms with Crippen molar-refractivity contribution in [2.45, 2.75) is 40.0 Å². The van der Waals surface area contributed by atoms with E-state index in [1.165, 1.54) is 18.1 Å². The molecule has 0 N–H and O–H groups in total. The van der Waals surface area contributed by atoms with Crippen molar-refractivity contribution in [1.29, 1.82) is 0 Å². The molecule has 1 heteroatoms. The molecule has 0 aliphatic heterocycles. The largest absolute Gasteiger partial charge is 0.207 e. The Labute approximate surface area is 86.2 Å². The van der Waals surface area contributed by atoms with Crippen molar-refractivity contribution in [3.05, 3.63) is 35.1 Å². The first-order valence-electron chi connectivity index (χ1n) is 5.38. The highest BCUT2D eigenvalue weighted by atomic mass is 19.1. The van der Waals surface area contributed by atoms with E-state index in [0.29, 0.717) is 0 Å². The number of halogens is 1. The Kier molecular flexibility index (Phi) is 4.12. The molecule has 78 valence electrons. The monoisotopic (exact) mass is 194 g/mol. The fraction of sp³-hybridized carbons (Fsp3) is 0.538. The zero-order chi connectivity index (χ0) is 10.6. The molecule has 0 spiro atoms. The highest BCUT2D eigenvalue weighted by Gasteiger charge is 2.03. The normalized spacial score (nSPS) is 12.9. The van der Waals surface area contributed by atoms with E-state index >= 15 is 0 Å². The van der Waals surface area contributed by atoms with Crippen LogP contribution in [0.4, 0.5) is 4.39 Å². The minimum atomic E-state index is -0.116. The van der Waals surface area contributed by atoms with Crippen LogP contribution in [0.15, 0.2) is 18.2 Å². The Morgan fingerprint density at radius 2 is 2.07 bits per heavy atom. The summed E-state index contributed by atoms with van der Waals surface area (Å²) in [5, 5.41) is 0. The van der Waals surface area contributed by atoms with Crippen LogP contribution in [-0.4, -0.2) is 0 Å². The summed E-state index contributed by atoms with van der Waals surface area (Å²) in [4.78, 5) is 0. The van der Waals surface area contributed by atoms with E-state index in [1.54, 1.807) is 6.07 Å². The third-order valence-corrected chi connectivity index (χ3v) is 2.91. The van der Waals surface area contributed by atoms with Gasteiger partial charge in [0, 0.05) is 0 Å². The van der Waals surface area contributed by atoms with E-state index in [0.717, 1.165) is 24.3 Å². The van der Waals surface area contributed by atoms with Crippen molar-refractivity contribution in [2.24, 2.45) is 5.92 Å². The van der Waals surface area contributed by atoms with E-state index in [-0.39, 0.29) is 5.82 Å². The Morgan fingerprint density at radius 3 is 2.71 bits per heavy atom. The predicted molar refractivity (Wildman–Crippen MR) is 58.9 cm³/mol. The highest BCUT2D eigenvalue weighted by Crippen LogP contribution is 2.16. The molecule has 1 rings (SSSR count). The number of hydrogen-bond acceptors (Lipinski definition) is 0. The van der Waals surface area contributed by atoms with E-state index < -0.39 is 0 Å². The van der Waals surface area contributed by atoms with Gasteiger partial charge in [-0.2, -0.15) is 0 Å². The molecule has 0 fully saturated rings. The van der Waals surface area contributed by atoms with Crippen molar-refractivity contribution in [2.75, 3.05) is 0 Å². The molecular weight excluding hydrogens is 175 g/mol. The molecule has 0 bridgehead atoms. The lowest BCUT2D eigenvalue weighted by molar-refractivity contribution is 0.514. The van der Waals surface area contributed by atoms with Gasteiger partial charge in [0.2, 0.25) is 0 Å². The van der Waals surface area contributed by atoms with Gasteiger partial charge in [0.15, 0.2) is 0 Å². The third kappa shape index (κ3) is 3.13. The van der Waals surface area contributed by atoms with Gasteiger partial charge < -0.3 is 0 Å². The van der Waals surface area contributed by atoms with Crippen LogP contribution in [0.25, 0.3) is 0 Å².